The van der Waals surface area contributed by atoms with E-state index in [9.17, 15) is 4.79 Å². The lowest BCUT2D eigenvalue weighted by Crippen LogP contribution is -2.22. The monoisotopic (exact) mass is 384 g/mol. The number of nitrogens with one attached hydrogen (secondary N) is 2. The first kappa shape index (κ1) is 21.6. The van der Waals surface area contributed by atoms with Gasteiger partial charge in [0, 0.05) is 5.69 Å². The Morgan fingerprint density at radius 1 is 0.929 bits per heavy atom. The number of rotatable bonds is 11. The minimum atomic E-state index is -0.118. The van der Waals surface area contributed by atoms with E-state index < -0.39 is 0 Å². The van der Waals surface area contributed by atoms with Crippen molar-refractivity contribution in [1.82, 2.24) is 0 Å². The quantitative estimate of drug-likeness (QED) is 0.559. The zero-order chi connectivity index (χ0) is 20.4. The van der Waals surface area contributed by atoms with Crippen molar-refractivity contribution in [1.29, 1.82) is 0 Å². The molecule has 5 nitrogen and oxygen atoms in total. The molecule has 1 amide bonds. The van der Waals surface area contributed by atoms with Crippen molar-refractivity contribution in [2.75, 3.05) is 30.4 Å². The van der Waals surface area contributed by atoms with E-state index in [0.29, 0.717) is 25.0 Å². The molecule has 0 bridgehead atoms. The van der Waals surface area contributed by atoms with Crippen LogP contribution >= 0.6 is 0 Å². The Hall–Kier alpha value is -2.69. The summed E-state index contributed by atoms with van der Waals surface area (Å²) < 4.78 is 11.5. The average Bonchev–Trinajstić information content (AvgIpc) is 2.66. The highest BCUT2D eigenvalue weighted by Crippen LogP contribution is 2.24. The second-order valence-corrected chi connectivity index (χ2v) is 7.66. The van der Waals surface area contributed by atoms with Crippen LogP contribution in [-0.4, -0.2) is 25.7 Å². The maximum absolute atomic E-state index is 12.2. The van der Waals surface area contributed by atoms with Gasteiger partial charge in [0.05, 0.1) is 25.4 Å². The number of hydrogen-bond donors (Lipinski definition) is 2. The zero-order valence-corrected chi connectivity index (χ0v) is 17.3. The molecule has 2 N–H and O–H groups in total. The van der Waals surface area contributed by atoms with Gasteiger partial charge in [-0.1, -0.05) is 39.8 Å². The number of amides is 1. The number of carbonyl (C=O) groups is 1. The Kier molecular flexibility index (Phi) is 8.66. The summed E-state index contributed by atoms with van der Waals surface area (Å²) in [4.78, 5) is 12.2. The number of para-hydroxylation sites is 2. The molecular weight excluding hydrogens is 352 g/mol. The summed E-state index contributed by atoms with van der Waals surface area (Å²) in [6, 6.07) is 15.1. The van der Waals surface area contributed by atoms with E-state index in [0.717, 1.165) is 29.3 Å². The highest BCUT2D eigenvalue weighted by atomic mass is 16.5. The lowest BCUT2D eigenvalue weighted by molar-refractivity contribution is -0.114. The largest absolute Gasteiger partial charge is 0.494 e. The summed E-state index contributed by atoms with van der Waals surface area (Å²) in [5.41, 5.74) is 1.56. The van der Waals surface area contributed by atoms with Gasteiger partial charge in [0.1, 0.15) is 11.5 Å². The first-order valence-electron chi connectivity index (χ1n) is 9.92. The fraction of sp³-hybridized carbons (Fsp3) is 0.435. The molecule has 0 saturated heterocycles. The maximum Gasteiger partial charge on any atom is 0.243 e. The van der Waals surface area contributed by atoms with Gasteiger partial charge in [0.2, 0.25) is 5.91 Å². The standard InChI is InChI=1S/C23H32N2O3/c1-17(2)13-14-27-20-11-9-19(10-12-20)25-23(26)15-24-21-7-5-6-8-22(21)28-16-18(3)4/h5-12,17-18,24H,13-16H2,1-4H3,(H,25,26). The van der Waals surface area contributed by atoms with E-state index in [1.807, 2.05) is 48.5 Å². The van der Waals surface area contributed by atoms with E-state index in [1.165, 1.54) is 0 Å². The van der Waals surface area contributed by atoms with Crippen LogP contribution in [0.5, 0.6) is 11.5 Å². The molecule has 2 aromatic carbocycles. The summed E-state index contributed by atoms with van der Waals surface area (Å²) in [6.45, 7) is 10.0. The molecule has 5 heteroatoms. The van der Waals surface area contributed by atoms with Crippen LogP contribution in [0.25, 0.3) is 0 Å². The molecule has 0 aliphatic heterocycles. The molecular formula is C23H32N2O3. The van der Waals surface area contributed by atoms with Crippen molar-refractivity contribution in [2.24, 2.45) is 11.8 Å². The minimum Gasteiger partial charge on any atom is -0.494 e. The van der Waals surface area contributed by atoms with Crippen LogP contribution in [0.4, 0.5) is 11.4 Å². The van der Waals surface area contributed by atoms with Gasteiger partial charge in [-0.15, -0.1) is 0 Å². The van der Waals surface area contributed by atoms with Gasteiger partial charge >= 0.3 is 0 Å². The van der Waals surface area contributed by atoms with Crippen LogP contribution in [0, 0.1) is 11.8 Å². The number of ether oxygens (including phenoxy) is 2. The molecule has 0 saturated carbocycles. The fourth-order valence-corrected chi connectivity index (χ4v) is 2.42. The summed E-state index contributed by atoms with van der Waals surface area (Å²) in [5, 5.41) is 6.03. The van der Waals surface area contributed by atoms with Crippen LogP contribution < -0.4 is 20.1 Å². The smallest absolute Gasteiger partial charge is 0.243 e. The number of carbonyl (C=O) groups excluding carboxylic acids is 1. The van der Waals surface area contributed by atoms with E-state index in [-0.39, 0.29) is 12.5 Å². The van der Waals surface area contributed by atoms with Gasteiger partial charge in [0.25, 0.3) is 0 Å². The Labute approximate surface area is 168 Å². The number of anilines is 2. The predicted octanol–water partition coefficient (Wildman–Crippen LogP) is 5.20. The summed E-state index contributed by atoms with van der Waals surface area (Å²) in [6.07, 6.45) is 1.02. The first-order valence-corrected chi connectivity index (χ1v) is 9.92. The molecule has 0 spiro atoms. The molecule has 0 unspecified atom stereocenters. The highest BCUT2D eigenvalue weighted by Gasteiger charge is 2.07. The molecule has 0 fully saturated rings. The minimum absolute atomic E-state index is 0.118. The predicted molar refractivity (Wildman–Crippen MR) is 115 cm³/mol. The Bertz CT molecular complexity index is 727. The third-order valence-electron chi connectivity index (χ3n) is 4.00. The molecule has 2 aromatic rings. The third kappa shape index (κ3) is 7.91. The second-order valence-electron chi connectivity index (χ2n) is 7.66. The van der Waals surface area contributed by atoms with Gasteiger partial charge in [-0.05, 0) is 54.7 Å². The van der Waals surface area contributed by atoms with Gasteiger partial charge in [-0.2, -0.15) is 0 Å². The van der Waals surface area contributed by atoms with Gasteiger partial charge in [-0.25, -0.2) is 0 Å². The molecule has 0 aromatic heterocycles. The Morgan fingerprint density at radius 2 is 1.64 bits per heavy atom. The molecule has 0 heterocycles. The summed E-state index contributed by atoms with van der Waals surface area (Å²) >= 11 is 0. The van der Waals surface area contributed by atoms with E-state index in [2.05, 4.69) is 38.3 Å². The van der Waals surface area contributed by atoms with E-state index in [4.69, 9.17) is 9.47 Å². The lowest BCUT2D eigenvalue weighted by atomic mass is 10.1. The molecule has 0 atom stereocenters. The maximum atomic E-state index is 12.2. The van der Waals surface area contributed by atoms with Crippen molar-refractivity contribution >= 4 is 17.3 Å². The van der Waals surface area contributed by atoms with Crippen LogP contribution in [0.1, 0.15) is 34.1 Å². The summed E-state index contributed by atoms with van der Waals surface area (Å²) in [7, 11) is 0. The van der Waals surface area contributed by atoms with Crippen molar-refractivity contribution in [3.63, 3.8) is 0 Å². The second kappa shape index (κ2) is 11.2. The normalized spacial score (nSPS) is 10.8. The zero-order valence-electron chi connectivity index (χ0n) is 17.3. The molecule has 152 valence electrons. The SMILES string of the molecule is CC(C)CCOc1ccc(NC(=O)CNc2ccccc2OCC(C)C)cc1. The van der Waals surface area contributed by atoms with E-state index in [1.54, 1.807) is 0 Å². The van der Waals surface area contributed by atoms with Crippen LogP contribution in [0.2, 0.25) is 0 Å². The lowest BCUT2D eigenvalue weighted by Gasteiger charge is -2.14. The summed E-state index contributed by atoms with van der Waals surface area (Å²) in [5.74, 6) is 2.51. The topological polar surface area (TPSA) is 59.6 Å². The molecule has 0 aliphatic carbocycles. The molecule has 2 rings (SSSR count). The van der Waals surface area contributed by atoms with Crippen molar-refractivity contribution < 1.29 is 14.3 Å². The first-order chi connectivity index (χ1) is 13.4. The molecule has 0 aliphatic rings. The van der Waals surface area contributed by atoms with Crippen LogP contribution in [0.3, 0.4) is 0 Å². The Morgan fingerprint density at radius 3 is 2.32 bits per heavy atom. The van der Waals surface area contributed by atoms with Crippen molar-refractivity contribution in [2.45, 2.75) is 34.1 Å². The van der Waals surface area contributed by atoms with Crippen LogP contribution in [-0.2, 0) is 4.79 Å². The van der Waals surface area contributed by atoms with Gasteiger partial charge in [-0.3, -0.25) is 4.79 Å². The third-order valence-corrected chi connectivity index (χ3v) is 4.00. The Balaban J connectivity index is 1.81. The average molecular weight is 385 g/mol. The van der Waals surface area contributed by atoms with E-state index >= 15 is 0 Å². The van der Waals surface area contributed by atoms with Gasteiger partial charge < -0.3 is 20.1 Å². The van der Waals surface area contributed by atoms with Crippen molar-refractivity contribution in [3.8, 4) is 11.5 Å². The number of hydrogen-bond acceptors (Lipinski definition) is 4. The number of benzene rings is 2. The van der Waals surface area contributed by atoms with Crippen molar-refractivity contribution in [3.05, 3.63) is 48.5 Å². The highest BCUT2D eigenvalue weighted by molar-refractivity contribution is 5.94. The van der Waals surface area contributed by atoms with Crippen LogP contribution in [0.15, 0.2) is 48.5 Å². The molecule has 28 heavy (non-hydrogen) atoms. The fourth-order valence-electron chi connectivity index (χ4n) is 2.42. The van der Waals surface area contributed by atoms with Gasteiger partial charge in [0.15, 0.2) is 0 Å². The molecule has 0 radical (unpaired) electrons.